The standard InChI is InChI=1S/C20H22ClN3O3/c1-12-8-9-16(11-17(12)21)24-19(27)20(3,4)18(26)23-15-7-5-6-14(10-15)22-13(2)25/h5-11H,1-4H3,(H,22,25)(H,23,26)(H,24,27). The van der Waals surface area contributed by atoms with Crippen LogP contribution in [0.25, 0.3) is 0 Å². The Hall–Kier alpha value is -2.86. The lowest BCUT2D eigenvalue weighted by atomic mass is 9.90. The molecule has 27 heavy (non-hydrogen) atoms. The van der Waals surface area contributed by atoms with Crippen LogP contribution in [0, 0.1) is 12.3 Å². The van der Waals surface area contributed by atoms with Gasteiger partial charge in [-0.2, -0.15) is 0 Å². The van der Waals surface area contributed by atoms with Gasteiger partial charge < -0.3 is 16.0 Å². The van der Waals surface area contributed by atoms with Crippen LogP contribution in [0.15, 0.2) is 42.5 Å². The fourth-order valence-electron chi connectivity index (χ4n) is 2.23. The summed E-state index contributed by atoms with van der Waals surface area (Å²) >= 11 is 6.07. The Morgan fingerprint density at radius 3 is 1.89 bits per heavy atom. The third-order valence-corrected chi connectivity index (χ3v) is 4.41. The number of hydrogen-bond donors (Lipinski definition) is 3. The van der Waals surface area contributed by atoms with E-state index in [0.29, 0.717) is 22.1 Å². The van der Waals surface area contributed by atoms with Crippen molar-refractivity contribution in [3.8, 4) is 0 Å². The minimum Gasteiger partial charge on any atom is -0.326 e. The van der Waals surface area contributed by atoms with E-state index in [0.717, 1.165) is 5.56 Å². The molecule has 0 unspecified atom stereocenters. The van der Waals surface area contributed by atoms with Gasteiger partial charge in [-0.1, -0.05) is 23.7 Å². The third-order valence-electron chi connectivity index (χ3n) is 4.01. The summed E-state index contributed by atoms with van der Waals surface area (Å²) < 4.78 is 0. The lowest BCUT2D eigenvalue weighted by molar-refractivity contribution is -0.135. The summed E-state index contributed by atoms with van der Waals surface area (Å²) in [5.41, 5.74) is 1.11. The topological polar surface area (TPSA) is 87.3 Å². The number of carbonyl (C=O) groups is 3. The van der Waals surface area contributed by atoms with Crippen molar-refractivity contribution in [3.05, 3.63) is 53.1 Å². The number of halogens is 1. The van der Waals surface area contributed by atoms with Crippen LogP contribution in [0.4, 0.5) is 17.1 Å². The van der Waals surface area contributed by atoms with E-state index in [9.17, 15) is 14.4 Å². The highest BCUT2D eigenvalue weighted by atomic mass is 35.5. The fourth-order valence-corrected chi connectivity index (χ4v) is 2.41. The number of amides is 3. The number of benzene rings is 2. The number of nitrogens with one attached hydrogen (secondary N) is 3. The summed E-state index contributed by atoms with van der Waals surface area (Å²) in [6.07, 6.45) is 0. The van der Waals surface area contributed by atoms with Crippen molar-refractivity contribution >= 4 is 46.4 Å². The van der Waals surface area contributed by atoms with Crippen LogP contribution in [0.2, 0.25) is 5.02 Å². The predicted molar refractivity (Wildman–Crippen MR) is 108 cm³/mol. The molecule has 6 nitrogen and oxygen atoms in total. The van der Waals surface area contributed by atoms with E-state index in [-0.39, 0.29) is 5.91 Å². The van der Waals surface area contributed by atoms with E-state index in [1.165, 1.54) is 20.8 Å². The van der Waals surface area contributed by atoms with Crippen molar-refractivity contribution in [1.29, 1.82) is 0 Å². The number of rotatable bonds is 5. The monoisotopic (exact) mass is 387 g/mol. The number of aryl methyl sites for hydroxylation is 1. The van der Waals surface area contributed by atoms with E-state index in [1.54, 1.807) is 42.5 Å². The molecule has 7 heteroatoms. The summed E-state index contributed by atoms with van der Waals surface area (Å²) in [4.78, 5) is 36.4. The largest absolute Gasteiger partial charge is 0.326 e. The van der Waals surface area contributed by atoms with Crippen LogP contribution in [0.3, 0.4) is 0 Å². The first-order chi connectivity index (χ1) is 12.6. The Bertz CT molecular complexity index is 894. The second kappa shape index (κ2) is 8.22. The Kier molecular flexibility index (Phi) is 6.23. The van der Waals surface area contributed by atoms with Gasteiger partial charge in [0.2, 0.25) is 17.7 Å². The second-order valence-electron chi connectivity index (χ2n) is 6.76. The maximum absolute atomic E-state index is 12.6. The molecule has 0 heterocycles. The maximum atomic E-state index is 12.6. The first-order valence-corrected chi connectivity index (χ1v) is 8.74. The zero-order chi connectivity index (χ0) is 20.2. The molecule has 2 rings (SSSR count). The van der Waals surface area contributed by atoms with Crippen LogP contribution in [-0.4, -0.2) is 17.7 Å². The molecule has 0 aliphatic rings. The molecular weight excluding hydrogens is 366 g/mol. The molecule has 0 bridgehead atoms. The van der Waals surface area contributed by atoms with Crippen LogP contribution < -0.4 is 16.0 Å². The average molecular weight is 388 g/mol. The van der Waals surface area contributed by atoms with Gasteiger partial charge in [-0.25, -0.2) is 0 Å². The van der Waals surface area contributed by atoms with Gasteiger partial charge in [0.1, 0.15) is 5.41 Å². The van der Waals surface area contributed by atoms with Crippen LogP contribution >= 0.6 is 11.6 Å². The summed E-state index contributed by atoms with van der Waals surface area (Å²) in [5.74, 6) is -1.15. The van der Waals surface area contributed by atoms with Crippen molar-refractivity contribution < 1.29 is 14.4 Å². The average Bonchev–Trinajstić information content (AvgIpc) is 2.57. The molecule has 0 fully saturated rings. The highest BCUT2D eigenvalue weighted by Gasteiger charge is 2.36. The SMILES string of the molecule is CC(=O)Nc1cccc(NC(=O)C(C)(C)C(=O)Nc2ccc(C)c(Cl)c2)c1. The Labute approximate surface area is 163 Å². The highest BCUT2D eigenvalue weighted by Crippen LogP contribution is 2.25. The molecule has 0 aliphatic heterocycles. The molecule has 0 atom stereocenters. The van der Waals surface area contributed by atoms with E-state index >= 15 is 0 Å². The highest BCUT2D eigenvalue weighted by molar-refractivity contribution is 6.31. The van der Waals surface area contributed by atoms with Crippen molar-refractivity contribution in [1.82, 2.24) is 0 Å². The minimum absolute atomic E-state index is 0.213. The Morgan fingerprint density at radius 1 is 0.852 bits per heavy atom. The predicted octanol–water partition coefficient (Wildman–Crippen LogP) is 4.21. The van der Waals surface area contributed by atoms with Gasteiger partial charge >= 0.3 is 0 Å². The van der Waals surface area contributed by atoms with Crippen LogP contribution in [0.5, 0.6) is 0 Å². The van der Waals surface area contributed by atoms with Crippen molar-refractivity contribution in [2.45, 2.75) is 27.7 Å². The lowest BCUT2D eigenvalue weighted by Crippen LogP contribution is -2.41. The number of anilines is 3. The van der Waals surface area contributed by atoms with Gasteiger partial charge in [-0.05, 0) is 56.7 Å². The van der Waals surface area contributed by atoms with E-state index < -0.39 is 17.2 Å². The van der Waals surface area contributed by atoms with E-state index in [1.807, 2.05) is 6.92 Å². The first-order valence-electron chi connectivity index (χ1n) is 8.36. The zero-order valence-electron chi connectivity index (χ0n) is 15.6. The quantitative estimate of drug-likeness (QED) is 0.671. The molecule has 0 radical (unpaired) electrons. The summed E-state index contributed by atoms with van der Waals surface area (Å²) in [7, 11) is 0. The van der Waals surface area contributed by atoms with Crippen molar-refractivity contribution in [2.75, 3.05) is 16.0 Å². The molecule has 3 N–H and O–H groups in total. The number of carbonyl (C=O) groups excluding carboxylic acids is 3. The van der Waals surface area contributed by atoms with Crippen molar-refractivity contribution in [3.63, 3.8) is 0 Å². The third kappa shape index (κ3) is 5.31. The molecule has 3 amide bonds. The smallest absolute Gasteiger partial charge is 0.239 e. The summed E-state index contributed by atoms with van der Waals surface area (Å²) in [6.45, 7) is 6.33. The Morgan fingerprint density at radius 2 is 1.37 bits per heavy atom. The molecular formula is C20H22ClN3O3. The molecule has 2 aromatic carbocycles. The van der Waals surface area contributed by atoms with Gasteiger partial charge in [-0.15, -0.1) is 0 Å². The van der Waals surface area contributed by atoms with Crippen molar-refractivity contribution in [2.24, 2.45) is 5.41 Å². The molecule has 0 saturated heterocycles. The minimum atomic E-state index is -1.33. The maximum Gasteiger partial charge on any atom is 0.239 e. The number of hydrogen-bond acceptors (Lipinski definition) is 3. The fraction of sp³-hybridized carbons (Fsp3) is 0.250. The van der Waals surface area contributed by atoms with E-state index in [2.05, 4.69) is 16.0 Å². The van der Waals surface area contributed by atoms with Gasteiger partial charge in [0.25, 0.3) is 0 Å². The molecule has 0 spiro atoms. The van der Waals surface area contributed by atoms with Crippen LogP contribution in [-0.2, 0) is 14.4 Å². The molecule has 142 valence electrons. The summed E-state index contributed by atoms with van der Waals surface area (Å²) in [5, 5.41) is 8.59. The summed E-state index contributed by atoms with van der Waals surface area (Å²) in [6, 6.07) is 11.9. The molecule has 2 aromatic rings. The molecule has 0 aromatic heterocycles. The normalized spacial score (nSPS) is 10.9. The Balaban J connectivity index is 2.10. The van der Waals surface area contributed by atoms with Gasteiger partial charge in [0, 0.05) is 29.0 Å². The molecule has 0 aliphatic carbocycles. The first kappa shape index (κ1) is 20.5. The zero-order valence-corrected chi connectivity index (χ0v) is 16.4. The van der Waals surface area contributed by atoms with Gasteiger partial charge in [0.05, 0.1) is 0 Å². The van der Waals surface area contributed by atoms with Gasteiger partial charge in [-0.3, -0.25) is 14.4 Å². The lowest BCUT2D eigenvalue weighted by Gasteiger charge is -2.23. The van der Waals surface area contributed by atoms with Crippen LogP contribution in [0.1, 0.15) is 26.3 Å². The van der Waals surface area contributed by atoms with E-state index in [4.69, 9.17) is 11.6 Å². The molecule has 0 saturated carbocycles. The second-order valence-corrected chi connectivity index (χ2v) is 7.17. The van der Waals surface area contributed by atoms with Gasteiger partial charge in [0.15, 0.2) is 0 Å².